The van der Waals surface area contributed by atoms with E-state index in [2.05, 4.69) is 28.5 Å². The normalized spacial score (nSPS) is 10.9. The number of benzene rings is 3. The molecule has 1 heterocycles. The fourth-order valence-electron chi connectivity index (χ4n) is 3.28. The van der Waals surface area contributed by atoms with Gasteiger partial charge in [-0.15, -0.1) is 0 Å². The standard InChI is InChI=1S/C24H21ClN2O2S/c1-15-7-12-19-20(13-15)27-22(23(19)30-18-10-8-17(25)9-11-18)24(28)26-14-16-5-3-4-6-21(16)29-2/h3-13,27H,14H2,1-2H3,(H,26,28). The molecule has 2 N–H and O–H groups in total. The lowest BCUT2D eigenvalue weighted by Gasteiger charge is -2.10. The van der Waals surface area contributed by atoms with Gasteiger partial charge in [0.05, 0.1) is 12.0 Å². The first-order chi connectivity index (χ1) is 14.5. The van der Waals surface area contributed by atoms with Crippen molar-refractivity contribution < 1.29 is 9.53 Å². The van der Waals surface area contributed by atoms with Gasteiger partial charge in [0.15, 0.2) is 0 Å². The van der Waals surface area contributed by atoms with Crippen LogP contribution in [0.15, 0.2) is 76.5 Å². The largest absolute Gasteiger partial charge is 0.496 e. The number of carbonyl (C=O) groups is 1. The molecule has 1 amide bonds. The first kappa shape index (κ1) is 20.4. The van der Waals surface area contributed by atoms with Crippen LogP contribution in [0.25, 0.3) is 10.9 Å². The molecule has 0 atom stereocenters. The van der Waals surface area contributed by atoms with E-state index < -0.39 is 0 Å². The van der Waals surface area contributed by atoms with Gasteiger partial charge in [0.1, 0.15) is 11.4 Å². The quantitative estimate of drug-likeness (QED) is 0.377. The summed E-state index contributed by atoms with van der Waals surface area (Å²) >= 11 is 7.57. The summed E-state index contributed by atoms with van der Waals surface area (Å²) in [6, 6.07) is 21.4. The molecule has 4 aromatic rings. The van der Waals surface area contributed by atoms with E-state index in [1.54, 1.807) is 18.9 Å². The highest BCUT2D eigenvalue weighted by Gasteiger charge is 2.19. The molecule has 0 aliphatic heterocycles. The maximum atomic E-state index is 13.1. The van der Waals surface area contributed by atoms with Crippen LogP contribution in [0, 0.1) is 6.92 Å². The molecular formula is C24H21ClN2O2S. The number of hydrogen-bond donors (Lipinski definition) is 2. The third-order valence-electron chi connectivity index (χ3n) is 4.80. The van der Waals surface area contributed by atoms with E-state index in [0.29, 0.717) is 17.3 Å². The van der Waals surface area contributed by atoms with Gasteiger partial charge < -0.3 is 15.0 Å². The molecule has 1 aromatic heterocycles. The Hall–Kier alpha value is -2.89. The van der Waals surface area contributed by atoms with E-state index in [-0.39, 0.29) is 5.91 Å². The first-order valence-corrected chi connectivity index (χ1v) is 10.7. The van der Waals surface area contributed by atoms with Crippen molar-refractivity contribution in [1.82, 2.24) is 10.3 Å². The third-order valence-corrected chi connectivity index (χ3v) is 6.19. The number of amides is 1. The molecule has 152 valence electrons. The van der Waals surface area contributed by atoms with Crippen molar-refractivity contribution in [3.05, 3.63) is 88.6 Å². The fourth-order valence-corrected chi connectivity index (χ4v) is 4.45. The molecule has 0 aliphatic carbocycles. The summed E-state index contributed by atoms with van der Waals surface area (Å²) in [5.41, 5.74) is 3.54. The first-order valence-electron chi connectivity index (χ1n) is 9.51. The maximum absolute atomic E-state index is 13.1. The van der Waals surface area contributed by atoms with Crippen molar-refractivity contribution in [3.8, 4) is 5.75 Å². The van der Waals surface area contributed by atoms with Crippen molar-refractivity contribution in [2.45, 2.75) is 23.3 Å². The maximum Gasteiger partial charge on any atom is 0.269 e. The molecule has 0 aliphatic rings. The van der Waals surface area contributed by atoms with Gasteiger partial charge in [-0.1, -0.05) is 53.7 Å². The Morgan fingerprint density at radius 3 is 2.63 bits per heavy atom. The number of rotatable bonds is 6. The molecule has 0 saturated heterocycles. The molecular weight excluding hydrogens is 416 g/mol. The number of methoxy groups -OCH3 is 1. The highest BCUT2D eigenvalue weighted by Crippen LogP contribution is 2.37. The highest BCUT2D eigenvalue weighted by molar-refractivity contribution is 7.99. The van der Waals surface area contributed by atoms with E-state index >= 15 is 0 Å². The lowest BCUT2D eigenvalue weighted by molar-refractivity contribution is 0.0943. The monoisotopic (exact) mass is 436 g/mol. The van der Waals surface area contributed by atoms with Gasteiger partial charge in [-0.3, -0.25) is 4.79 Å². The zero-order valence-electron chi connectivity index (χ0n) is 16.7. The molecule has 4 nitrogen and oxygen atoms in total. The minimum absolute atomic E-state index is 0.161. The van der Waals surface area contributed by atoms with Crippen LogP contribution in [-0.4, -0.2) is 18.0 Å². The predicted molar refractivity (Wildman–Crippen MR) is 123 cm³/mol. The molecule has 0 bridgehead atoms. The van der Waals surface area contributed by atoms with Crippen molar-refractivity contribution in [2.75, 3.05) is 7.11 Å². The average molecular weight is 437 g/mol. The van der Waals surface area contributed by atoms with Crippen LogP contribution in [-0.2, 0) is 6.54 Å². The number of aromatic amines is 1. The van der Waals surface area contributed by atoms with Gasteiger partial charge >= 0.3 is 0 Å². The molecule has 0 radical (unpaired) electrons. The number of hydrogen-bond acceptors (Lipinski definition) is 3. The zero-order valence-corrected chi connectivity index (χ0v) is 18.2. The third kappa shape index (κ3) is 4.32. The van der Waals surface area contributed by atoms with Gasteiger partial charge in [0.25, 0.3) is 5.91 Å². The van der Waals surface area contributed by atoms with Crippen LogP contribution in [0.5, 0.6) is 5.75 Å². The Balaban J connectivity index is 1.66. The van der Waals surface area contributed by atoms with Crippen LogP contribution in [0.4, 0.5) is 0 Å². The summed E-state index contributed by atoms with van der Waals surface area (Å²) in [7, 11) is 1.63. The van der Waals surface area contributed by atoms with Crippen LogP contribution in [0.1, 0.15) is 21.6 Å². The van der Waals surface area contributed by atoms with E-state index in [4.69, 9.17) is 16.3 Å². The number of aromatic nitrogens is 1. The summed E-state index contributed by atoms with van der Waals surface area (Å²) in [5.74, 6) is 0.590. The Morgan fingerprint density at radius 1 is 1.10 bits per heavy atom. The molecule has 3 aromatic carbocycles. The summed E-state index contributed by atoms with van der Waals surface area (Å²) < 4.78 is 5.38. The summed E-state index contributed by atoms with van der Waals surface area (Å²) in [5, 5.41) is 4.72. The van der Waals surface area contributed by atoms with E-state index in [9.17, 15) is 4.79 Å². The zero-order chi connectivity index (χ0) is 21.1. The number of carbonyl (C=O) groups excluding carboxylic acids is 1. The van der Waals surface area contributed by atoms with Gasteiger partial charge in [-0.2, -0.15) is 0 Å². The Kier molecular flexibility index (Phi) is 6.02. The molecule has 0 unspecified atom stereocenters. The topological polar surface area (TPSA) is 54.1 Å². The second-order valence-corrected chi connectivity index (χ2v) is 8.45. The minimum Gasteiger partial charge on any atom is -0.496 e. The average Bonchev–Trinajstić information content (AvgIpc) is 3.11. The number of aryl methyl sites for hydroxylation is 1. The Labute approximate surface area is 184 Å². The van der Waals surface area contributed by atoms with Crippen LogP contribution in [0.3, 0.4) is 0 Å². The van der Waals surface area contributed by atoms with Gasteiger partial charge in [0.2, 0.25) is 0 Å². The fraction of sp³-hybridized carbons (Fsp3) is 0.125. The molecule has 0 spiro atoms. The van der Waals surface area contributed by atoms with Crippen LogP contribution >= 0.6 is 23.4 Å². The number of fused-ring (bicyclic) bond motifs is 1. The summed E-state index contributed by atoms with van der Waals surface area (Å²) in [4.78, 5) is 18.3. The Bertz CT molecular complexity index is 1200. The SMILES string of the molecule is COc1ccccc1CNC(=O)c1[nH]c2cc(C)ccc2c1Sc1ccc(Cl)cc1. The van der Waals surface area contributed by atoms with Crippen molar-refractivity contribution in [1.29, 1.82) is 0 Å². The highest BCUT2D eigenvalue weighted by atomic mass is 35.5. The second-order valence-electron chi connectivity index (χ2n) is 6.93. The summed E-state index contributed by atoms with van der Waals surface area (Å²) in [6.45, 7) is 2.41. The Morgan fingerprint density at radius 2 is 1.87 bits per heavy atom. The second kappa shape index (κ2) is 8.86. The van der Waals surface area contributed by atoms with E-state index in [0.717, 1.165) is 37.6 Å². The molecule has 0 fully saturated rings. The van der Waals surface area contributed by atoms with Crippen molar-refractivity contribution in [3.63, 3.8) is 0 Å². The predicted octanol–water partition coefficient (Wildman–Crippen LogP) is 6.22. The minimum atomic E-state index is -0.161. The van der Waals surface area contributed by atoms with Gasteiger partial charge in [0, 0.05) is 32.9 Å². The smallest absolute Gasteiger partial charge is 0.269 e. The van der Waals surface area contributed by atoms with Gasteiger partial charge in [-0.25, -0.2) is 0 Å². The number of nitrogens with one attached hydrogen (secondary N) is 2. The lowest BCUT2D eigenvalue weighted by atomic mass is 10.2. The number of para-hydroxylation sites is 1. The number of H-pyrrole nitrogens is 1. The van der Waals surface area contributed by atoms with Crippen LogP contribution < -0.4 is 10.1 Å². The van der Waals surface area contributed by atoms with E-state index in [1.165, 1.54) is 0 Å². The number of halogens is 1. The molecule has 30 heavy (non-hydrogen) atoms. The lowest BCUT2D eigenvalue weighted by Crippen LogP contribution is -2.24. The molecule has 0 saturated carbocycles. The molecule has 4 rings (SSSR count). The van der Waals surface area contributed by atoms with Gasteiger partial charge in [-0.05, 0) is 48.9 Å². The van der Waals surface area contributed by atoms with Crippen molar-refractivity contribution >= 4 is 40.2 Å². The summed E-state index contributed by atoms with van der Waals surface area (Å²) in [6.07, 6.45) is 0. The van der Waals surface area contributed by atoms with Crippen molar-refractivity contribution in [2.24, 2.45) is 0 Å². The molecule has 6 heteroatoms. The number of ether oxygens (including phenoxy) is 1. The van der Waals surface area contributed by atoms with E-state index in [1.807, 2.05) is 55.5 Å². The van der Waals surface area contributed by atoms with Crippen LogP contribution in [0.2, 0.25) is 5.02 Å².